The van der Waals surface area contributed by atoms with E-state index in [1.165, 1.54) is 0 Å². The van der Waals surface area contributed by atoms with Crippen LogP contribution in [0.3, 0.4) is 0 Å². The standard InChI is InChI=1S/C21H17ClN6O/c22-20-19(28-11-2-1-7-17(28)26-20)16-9-10-23-21(25-16)24-14-5-3-6-15(13-14)27-12-4-8-18(27)29/h1-3,5-7,9-11,13H,4,8,12H2,(H,23,24,25). The highest BCUT2D eigenvalue weighted by Crippen LogP contribution is 2.29. The third-order valence-corrected chi connectivity index (χ3v) is 5.14. The van der Waals surface area contributed by atoms with Crippen LogP contribution in [0.4, 0.5) is 17.3 Å². The Morgan fingerprint density at radius 2 is 2.00 bits per heavy atom. The maximum atomic E-state index is 12.0. The number of benzene rings is 1. The number of nitrogens with one attached hydrogen (secondary N) is 1. The van der Waals surface area contributed by atoms with Crippen LogP contribution in [0.5, 0.6) is 0 Å². The van der Waals surface area contributed by atoms with E-state index in [0.717, 1.165) is 30.0 Å². The third kappa shape index (κ3) is 3.30. The van der Waals surface area contributed by atoms with E-state index >= 15 is 0 Å². The molecule has 0 spiro atoms. The van der Waals surface area contributed by atoms with Crippen LogP contribution >= 0.6 is 11.6 Å². The SMILES string of the molecule is O=C1CCCN1c1cccc(Nc2nccc(-c3c(Cl)nc4ccccn34)n2)c1. The molecule has 29 heavy (non-hydrogen) atoms. The number of aromatic nitrogens is 4. The highest BCUT2D eigenvalue weighted by Gasteiger charge is 2.21. The summed E-state index contributed by atoms with van der Waals surface area (Å²) < 4.78 is 1.90. The average molecular weight is 405 g/mol. The van der Waals surface area contributed by atoms with Crippen molar-refractivity contribution in [3.63, 3.8) is 0 Å². The fraction of sp³-hybridized carbons (Fsp3) is 0.143. The molecule has 7 nitrogen and oxygen atoms in total. The number of amides is 1. The van der Waals surface area contributed by atoms with Crippen LogP contribution in [-0.4, -0.2) is 31.8 Å². The number of carbonyl (C=O) groups is 1. The number of imidazole rings is 1. The van der Waals surface area contributed by atoms with Crippen LogP contribution in [0.2, 0.25) is 5.15 Å². The monoisotopic (exact) mass is 404 g/mol. The molecular weight excluding hydrogens is 388 g/mol. The summed E-state index contributed by atoms with van der Waals surface area (Å²) in [7, 11) is 0. The van der Waals surface area contributed by atoms with Gasteiger partial charge in [0.05, 0.1) is 5.69 Å². The first kappa shape index (κ1) is 17.6. The molecule has 4 aromatic rings. The van der Waals surface area contributed by atoms with Gasteiger partial charge in [0.15, 0.2) is 5.15 Å². The van der Waals surface area contributed by atoms with Crippen molar-refractivity contribution >= 4 is 40.5 Å². The van der Waals surface area contributed by atoms with Gasteiger partial charge in [0.25, 0.3) is 0 Å². The van der Waals surface area contributed by atoms with Crippen molar-refractivity contribution in [2.45, 2.75) is 12.8 Å². The van der Waals surface area contributed by atoms with E-state index in [4.69, 9.17) is 11.6 Å². The summed E-state index contributed by atoms with van der Waals surface area (Å²) in [5, 5.41) is 3.60. The summed E-state index contributed by atoms with van der Waals surface area (Å²) in [6.45, 7) is 0.751. The highest BCUT2D eigenvalue weighted by molar-refractivity contribution is 6.32. The Balaban J connectivity index is 1.46. The zero-order chi connectivity index (χ0) is 19.8. The van der Waals surface area contributed by atoms with Crippen LogP contribution in [0, 0.1) is 0 Å². The summed E-state index contributed by atoms with van der Waals surface area (Å²) in [5.74, 6) is 0.594. The molecule has 1 saturated heterocycles. The molecule has 5 rings (SSSR count). The molecule has 4 heterocycles. The van der Waals surface area contributed by atoms with Gasteiger partial charge in [-0.05, 0) is 42.8 Å². The molecule has 0 radical (unpaired) electrons. The van der Waals surface area contributed by atoms with Crippen molar-refractivity contribution in [1.82, 2.24) is 19.4 Å². The maximum Gasteiger partial charge on any atom is 0.227 e. The highest BCUT2D eigenvalue weighted by atomic mass is 35.5. The van der Waals surface area contributed by atoms with Gasteiger partial charge in [-0.3, -0.25) is 9.20 Å². The Labute approximate surface area is 172 Å². The maximum absolute atomic E-state index is 12.0. The van der Waals surface area contributed by atoms with Gasteiger partial charge in [0.2, 0.25) is 11.9 Å². The lowest BCUT2D eigenvalue weighted by Gasteiger charge is -2.16. The van der Waals surface area contributed by atoms with Crippen LogP contribution in [0.1, 0.15) is 12.8 Å². The number of rotatable bonds is 4. The fourth-order valence-corrected chi connectivity index (χ4v) is 3.82. The molecule has 1 fully saturated rings. The minimum atomic E-state index is 0.155. The zero-order valence-electron chi connectivity index (χ0n) is 15.4. The van der Waals surface area contributed by atoms with Crippen LogP contribution in [-0.2, 0) is 4.79 Å². The molecule has 1 aliphatic rings. The van der Waals surface area contributed by atoms with Crippen molar-refractivity contribution in [2.24, 2.45) is 0 Å². The minimum Gasteiger partial charge on any atom is -0.324 e. The summed E-state index contributed by atoms with van der Waals surface area (Å²) in [6.07, 6.45) is 5.07. The smallest absolute Gasteiger partial charge is 0.227 e. The van der Waals surface area contributed by atoms with Crippen molar-refractivity contribution in [3.05, 3.63) is 66.1 Å². The van der Waals surface area contributed by atoms with Gasteiger partial charge >= 0.3 is 0 Å². The predicted molar refractivity (Wildman–Crippen MR) is 113 cm³/mol. The Hall–Kier alpha value is -3.45. The molecule has 1 aliphatic heterocycles. The molecule has 144 valence electrons. The van der Waals surface area contributed by atoms with Gasteiger partial charge in [-0.1, -0.05) is 23.7 Å². The molecular formula is C21H17ClN6O. The topological polar surface area (TPSA) is 75.4 Å². The molecule has 1 aromatic carbocycles. The number of anilines is 3. The number of fused-ring (bicyclic) bond motifs is 1. The number of pyridine rings is 1. The second-order valence-corrected chi connectivity index (χ2v) is 7.13. The summed E-state index contributed by atoms with van der Waals surface area (Å²) in [6, 6.07) is 15.2. The van der Waals surface area contributed by atoms with E-state index in [0.29, 0.717) is 28.9 Å². The average Bonchev–Trinajstić information content (AvgIpc) is 3.30. The van der Waals surface area contributed by atoms with Gasteiger partial charge in [-0.15, -0.1) is 0 Å². The van der Waals surface area contributed by atoms with E-state index in [-0.39, 0.29) is 5.91 Å². The molecule has 0 unspecified atom stereocenters. The number of nitrogens with zero attached hydrogens (tertiary/aromatic N) is 5. The molecule has 1 amide bonds. The van der Waals surface area contributed by atoms with Crippen molar-refractivity contribution in [1.29, 1.82) is 0 Å². The van der Waals surface area contributed by atoms with Crippen LogP contribution < -0.4 is 10.2 Å². The summed E-state index contributed by atoms with van der Waals surface area (Å²) in [4.78, 5) is 27.1. The molecule has 0 bridgehead atoms. The van der Waals surface area contributed by atoms with Gasteiger partial charge < -0.3 is 10.2 Å². The van der Waals surface area contributed by atoms with Gasteiger partial charge in [-0.25, -0.2) is 15.0 Å². The fourth-order valence-electron chi connectivity index (χ4n) is 3.55. The van der Waals surface area contributed by atoms with E-state index in [2.05, 4.69) is 20.3 Å². The number of hydrogen-bond donors (Lipinski definition) is 1. The lowest BCUT2D eigenvalue weighted by atomic mass is 10.2. The first-order valence-electron chi connectivity index (χ1n) is 9.32. The van der Waals surface area contributed by atoms with E-state index in [9.17, 15) is 4.79 Å². The number of carbonyl (C=O) groups excluding carboxylic acids is 1. The lowest BCUT2D eigenvalue weighted by molar-refractivity contribution is -0.117. The minimum absolute atomic E-state index is 0.155. The summed E-state index contributed by atoms with van der Waals surface area (Å²) in [5.41, 5.74) is 3.81. The van der Waals surface area contributed by atoms with Gasteiger partial charge in [0, 0.05) is 36.7 Å². The second-order valence-electron chi connectivity index (χ2n) is 6.77. The Bertz CT molecular complexity index is 1220. The second kappa shape index (κ2) is 7.18. The molecule has 0 saturated carbocycles. The van der Waals surface area contributed by atoms with Crippen LogP contribution in [0.15, 0.2) is 60.9 Å². The molecule has 3 aromatic heterocycles. The molecule has 0 atom stereocenters. The van der Waals surface area contributed by atoms with Gasteiger partial charge in [-0.2, -0.15) is 0 Å². The quantitative estimate of drug-likeness (QED) is 0.548. The van der Waals surface area contributed by atoms with Crippen LogP contribution in [0.25, 0.3) is 17.0 Å². The Kier molecular flexibility index (Phi) is 4.37. The number of hydrogen-bond acceptors (Lipinski definition) is 5. The largest absolute Gasteiger partial charge is 0.324 e. The number of halogens is 1. The van der Waals surface area contributed by atoms with Gasteiger partial charge in [0.1, 0.15) is 11.3 Å². The van der Waals surface area contributed by atoms with Crippen molar-refractivity contribution in [3.8, 4) is 11.4 Å². The van der Waals surface area contributed by atoms with Crippen molar-refractivity contribution in [2.75, 3.05) is 16.8 Å². The van der Waals surface area contributed by atoms with E-state index in [1.54, 1.807) is 17.2 Å². The van der Waals surface area contributed by atoms with E-state index in [1.807, 2.05) is 53.1 Å². The summed E-state index contributed by atoms with van der Waals surface area (Å²) >= 11 is 6.37. The van der Waals surface area contributed by atoms with Crippen molar-refractivity contribution < 1.29 is 4.79 Å². The first-order chi connectivity index (χ1) is 14.2. The third-order valence-electron chi connectivity index (χ3n) is 4.87. The normalized spacial score (nSPS) is 14.0. The molecule has 8 heteroatoms. The van der Waals surface area contributed by atoms with E-state index < -0.39 is 0 Å². The zero-order valence-corrected chi connectivity index (χ0v) is 16.2. The first-order valence-corrected chi connectivity index (χ1v) is 9.70. The Morgan fingerprint density at radius 3 is 2.86 bits per heavy atom. The Morgan fingerprint density at radius 1 is 1.07 bits per heavy atom. The lowest BCUT2D eigenvalue weighted by Crippen LogP contribution is -2.23. The predicted octanol–water partition coefficient (Wildman–Crippen LogP) is 4.32. The molecule has 0 aliphatic carbocycles. The molecule has 1 N–H and O–H groups in total.